The van der Waals surface area contributed by atoms with E-state index in [1.807, 2.05) is 24.3 Å². The molecule has 0 radical (unpaired) electrons. The van der Waals surface area contributed by atoms with Crippen LogP contribution in [0.2, 0.25) is 5.02 Å². The van der Waals surface area contributed by atoms with Crippen molar-refractivity contribution in [1.29, 1.82) is 0 Å². The highest BCUT2D eigenvalue weighted by Crippen LogP contribution is 2.26. The molecule has 0 aliphatic rings. The fourth-order valence-corrected chi connectivity index (χ4v) is 2.75. The van der Waals surface area contributed by atoms with Gasteiger partial charge in [-0.05, 0) is 16.4 Å². The largest absolute Gasteiger partial charge is 0.378 e. The van der Waals surface area contributed by atoms with E-state index in [2.05, 4.69) is 35.8 Å². The van der Waals surface area contributed by atoms with E-state index in [-0.39, 0.29) is 17.3 Å². The van der Waals surface area contributed by atoms with Crippen molar-refractivity contribution in [3.63, 3.8) is 0 Å². The number of benzene rings is 2. The summed E-state index contributed by atoms with van der Waals surface area (Å²) in [6.45, 7) is 0. The fourth-order valence-electron chi connectivity index (χ4n) is 2.57. The zero-order valence-corrected chi connectivity index (χ0v) is 15.5. The highest BCUT2D eigenvalue weighted by atomic mass is 35.5. The number of nitrogens with zero attached hydrogens (tertiary/aromatic N) is 6. The molecule has 0 aliphatic carbocycles. The van der Waals surface area contributed by atoms with Crippen molar-refractivity contribution >= 4 is 29.5 Å². The first-order valence-electron chi connectivity index (χ1n) is 8.32. The molecule has 1 amide bonds. The molecule has 3 N–H and O–H groups in total. The number of rotatable bonds is 5. The summed E-state index contributed by atoms with van der Waals surface area (Å²) >= 11 is 6.07. The molecular weight excluding hydrogens is 396 g/mol. The smallest absolute Gasteiger partial charge is 0.294 e. The Morgan fingerprint density at radius 1 is 1.14 bits per heavy atom. The average Bonchev–Trinajstić information content (AvgIpc) is 3.36. The highest BCUT2D eigenvalue weighted by Gasteiger charge is 2.24. The molecule has 144 valence electrons. The second-order valence-electron chi connectivity index (χ2n) is 5.76. The number of nitrogens with one attached hydrogen (secondary N) is 1. The van der Waals surface area contributed by atoms with Crippen molar-refractivity contribution in [2.75, 3.05) is 5.73 Å². The van der Waals surface area contributed by atoms with Gasteiger partial charge in [-0.25, -0.2) is 10.1 Å². The first-order chi connectivity index (χ1) is 14.1. The lowest BCUT2D eigenvalue weighted by atomic mass is 10.1. The number of anilines is 1. The molecule has 4 rings (SSSR count). The number of hydrogen-bond acceptors (Lipinski definition) is 8. The standard InChI is InChI=1S/C18H13ClN8O2/c19-13-9-5-4-8-12(13)10-21-23-18(28)14-15(11-6-2-1-3-7-11)27(26-22-14)17-16(20)24-29-25-17/h1-10H,(H2,20,24)(H,23,28)/b21-10+. The summed E-state index contributed by atoms with van der Waals surface area (Å²) in [5.74, 6) is -0.445. The van der Waals surface area contributed by atoms with Crippen LogP contribution in [0.5, 0.6) is 0 Å². The monoisotopic (exact) mass is 408 g/mol. The lowest BCUT2D eigenvalue weighted by molar-refractivity contribution is 0.0950. The lowest BCUT2D eigenvalue weighted by Crippen LogP contribution is -2.19. The van der Waals surface area contributed by atoms with Crippen molar-refractivity contribution in [2.24, 2.45) is 5.10 Å². The van der Waals surface area contributed by atoms with Gasteiger partial charge in [0.2, 0.25) is 11.6 Å². The predicted octanol–water partition coefficient (Wildman–Crippen LogP) is 2.32. The fraction of sp³-hybridized carbons (Fsp3) is 0. The number of carbonyl (C=O) groups is 1. The Morgan fingerprint density at radius 3 is 2.62 bits per heavy atom. The number of halogens is 1. The Hall–Kier alpha value is -4.05. The van der Waals surface area contributed by atoms with Gasteiger partial charge in [0, 0.05) is 16.1 Å². The lowest BCUT2D eigenvalue weighted by Gasteiger charge is -2.05. The number of carbonyl (C=O) groups excluding carboxylic acids is 1. The third-order valence-corrected chi connectivity index (χ3v) is 4.25. The maximum atomic E-state index is 12.7. The summed E-state index contributed by atoms with van der Waals surface area (Å²) in [6, 6.07) is 16.2. The summed E-state index contributed by atoms with van der Waals surface area (Å²) in [7, 11) is 0. The Kier molecular flexibility index (Phi) is 4.99. The van der Waals surface area contributed by atoms with Crippen LogP contribution in [-0.2, 0) is 0 Å². The number of hydrogen-bond donors (Lipinski definition) is 2. The van der Waals surface area contributed by atoms with Crippen LogP contribution in [0.3, 0.4) is 0 Å². The minimum absolute atomic E-state index is 0.00998. The molecule has 0 aliphatic heterocycles. The van der Waals surface area contributed by atoms with Crippen molar-refractivity contribution in [1.82, 2.24) is 30.7 Å². The minimum Gasteiger partial charge on any atom is -0.378 e. The summed E-state index contributed by atoms with van der Waals surface area (Å²) in [5, 5.41) is 19.7. The molecule has 0 fully saturated rings. The van der Waals surface area contributed by atoms with E-state index >= 15 is 0 Å². The van der Waals surface area contributed by atoms with Crippen LogP contribution in [0.1, 0.15) is 16.1 Å². The number of amides is 1. The Balaban J connectivity index is 1.68. The third kappa shape index (κ3) is 3.69. The second kappa shape index (κ2) is 7.90. The van der Waals surface area contributed by atoms with Gasteiger partial charge < -0.3 is 5.73 Å². The molecule has 0 saturated heterocycles. The van der Waals surface area contributed by atoms with Crippen LogP contribution in [0.25, 0.3) is 17.1 Å². The predicted molar refractivity (Wildman–Crippen MR) is 106 cm³/mol. The van der Waals surface area contributed by atoms with E-state index in [9.17, 15) is 4.79 Å². The summed E-state index contributed by atoms with van der Waals surface area (Å²) in [5.41, 5.74) is 9.90. The highest BCUT2D eigenvalue weighted by molar-refractivity contribution is 6.33. The summed E-state index contributed by atoms with van der Waals surface area (Å²) in [4.78, 5) is 12.7. The van der Waals surface area contributed by atoms with E-state index in [1.54, 1.807) is 30.3 Å². The van der Waals surface area contributed by atoms with Crippen LogP contribution in [0, 0.1) is 0 Å². The van der Waals surface area contributed by atoms with Gasteiger partial charge in [-0.3, -0.25) is 4.79 Å². The van der Waals surface area contributed by atoms with E-state index in [0.717, 1.165) is 0 Å². The molecule has 11 heteroatoms. The van der Waals surface area contributed by atoms with E-state index in [0.29, 0.717) is 21.8 Å². The number of hydrazone groups is 1. The van der Waals surface area contributed by atoms with Crippen LogP contribution >= 0.6 is 11.6 Å². The Labute approximate surface area is 168 Å². The zero-order valence-electron chi connectivity index (χ0n) is 14.7. The molecule has 0 spiro atoms. The van der Waals surface area contributed by atoms with Gasteiger partial charge in [0.15, 0.2) is 5.69 Å². The summed E-state index contributed by atoms with van der Waals surface area (Å²) < 4.78 is 5.92. The van der Waals surface area contributed by atoms with Crippen LogP contribution in [-0.4, -0.2) is 37.4 Å². The minimum atomic E-state index is -0.576. The van der Waals surface area contributed by atoms with Gasteiger partial charge in [0.1, 0.15) is 5.69 Å². The molecular formula is C18H13ClN8O2. The van der Waals surface area contributed by atoms with Crippen LogP contribution < -0.4 is 11.2 Å². The first-order valence-corrected chi connectivity index (χ1v) is 8.70. The van der Waals surface area contributed by atoms with Gasteiger partial charge in [-0.15, -0.1) is 5.10 Å². The first kappa shape index (κ1) is 18.3. The molecule has 0 unspecified atom stereocenters. The van der Waals surface area contributed by atoms with Gasteiger partial charge in [-0.1, -0.05) is 65.3 Å². The molecule has 10 nitrogen and oxygen atoms in total. The van der Waals surface area contributed by atoms with Crippen LogP contribution in [0.15, 0.2) is 64.3 Å². The van der Waals surface area contributed by atoms with Gasteiger partial charge in [-0.2, -0.15) is 9.78 Å². The number of nitrogen functional groups attached to an aromatic ring is 1. The van der Waals surface area contributed by atoms with Crippen LogP contribution in [0.4, 0.5) is 5.82 Å². The molecule has 0 atom stereocenters. The molecule has 2 heterocycles. The van der Waals surface area contributed by atoms with Crippen molar-refractivity contribution in [2.45, 2.75) is 0 Å². The number of aromatic nitrogens is 5. The maximum absolute atomic E-state index is 12.7. The van der Waals surface area contributed by atoms with Crippen molar-refractivity contribution in [3.8, 4) is 17.1 Å². The van der Waals surface area contributed by atoms with Gasteiger partial charge in [0.05, 0.1) is 6.21 Å². The maximum Gasteiger partial charge on any atom is 0.294 e. The molecule has 0 bridgehead atoms. The summed E-state index contributed by atoms with van der Waals surface area (Å²) in [6.07, 6.45) is 1.44. The normalized spacial score (nSPS) is 11.1. The van der Waals surface area contributed by atoms with Crippen molar-refractivity contribution < 1.29 is 9.42 Å². The molecule has 29 heavy (non-hydrogen) atoms. The van der Waals surface area contributed by atoms with E-state index in [1.165, 1.54) is 10.9 Å². The molecule has 2 aromatic heterocycles. The molecule has 2 aromatic carbocycles. The van der Waals surface area contributed by atoms with Gasteiger partial charge >= 0.3 is 0 Å². The Bertz CT molecular complexity index is 1190. The second-order valence-corrected chi connectivity index (χ2v) is 6.17. The topological polar surface area (TPSA) is 137 Å². The van der Waals surface area contributed by atoms with Crippen molar-refractivity contribution in [3.05, 3.63) is 70.9 Å². The SMILES string of the molecule is Nc1nonc1-n1nnc(C(=O)N/N=C/c2ccccc2Cl)c1-c1ccccc1. The average molecular weight is 409 g/mol. The van der Waals surface area contributed by atoms with Gasteiger partial charge in [0.25, 0.3) is 5.91 Å². The zero-order chi connectivity index (χ0) is 20.2. The Morgan fingerprint density at radius 2 is 1.90 bits per heavy atom. The van der Waals surface area contributed by atoms with E-state index in [4.69, 9.17) is 17.3 Å². The quantitative estimate of drug-likeness (QED) is 0.381. The molecule has 4 aromatic rings. The number of nitrogens with two attached hydrogens (primary N) is 1. The molecule has 0 saturated carbocycles. The third-order valence-electron chi connectivity index (χ3n) is 3.90. The van der Waals surface area contributed by atoms with E-state index < -0.39 is 5.91 Å².